The average Bonchev–Trinajstić information content (AvgIpc) is 2.66. The molecule has 1 aromatic carbocycles. The van der Waals surface area contributed by atoms with E-state index in [1.807, 2.05) is 19.9 Å². The second kappa shape index (κ2) is 8.29. The van der Waals surface area contributed by atoms with E-state index < -0.39 is 10.0 Å². The Morgan fingerprint density at radius 3 is 2.26 bits per heavy atom. The lowest BCUT2D eigenvalue weighted by atomic mass is 9.91. The van der Waals surface area contributed by atoms with Gasteiger partial charge in [-0.3, -0.25) is 4.79 Å². The fourth-order valence-corrected chi connectivity index (χ4v) is 5.48. The minimum atomic E-state index is -3.51. The van der Waals surface area contributed by atoms with Gasteiger partial charge in [-0.25, -0.2) is 8.42 Å². The van der Waals surface area contributed by atoms with E-state index in [-0.39, 0.29) is 24.0 Å². The molecule has 1 saturated carbocycles. The molecule has 1 saturated heterocycles. The van der Waals surface area contributed by atoms with Crippen LogP contribution in [-0.4, -0.2) is 49.0 Å². The maximum absolute atomic E-state index is 12.9. The summed E-state index contributed by atoms with van der Waals surface area (Å²) in [5, 5.41) is 12.7. The Balaban J connectivity index is 1.56. The first-order chi connectivity index (χ1) is 12.8. The first kappa shape index (κ1) is 20.3. The summed E-state index contributed by atoms with van der Waals surface area (Å²) in [6.45, 7) is 4.62. The maximum atomic E-state index is 12.9. The molecule has 0 atom stereocenters. The number of carbonyl (C=O) groups is 1. The number of sulfonamides is 1. The Bertz CT molecular complexity index is 777. The van der Waals surface area contributed by atoms with Gasteiger partial charge in [0, 0.05) is 25.0 Å². The van der Waals surface area contributed by atoms with Crippen LogP contribution in [0.25, 0.3) is 0 Å². The Morgan fingerprint density at radius 2 is 1.67 bits per heavy atom. The van der Waals surface area contributed by atoms with E-state index in [1.165, 1.54) is 4.31 Å². The van der Waals surface area contributed by atoms with Crippen LogP contribution in [0.2, 0.25) is 0 Å². The van der Waals surface area contributed by atoms with Crippen molar-refractivity contribution < 1.29 is 18.3 Å². The van der Waals surface area contributed by atoms with Gasteiger partial charge in [0.2, 0.25) is 15.9 Å². The predicted octanol–water partition coefficient (Wildman–Crippen LogP) is 2.12. The first-order valence-corrected chi connectivity index (χ1v) is 11.3. The number of aliphatic hydroxyl groups is 1. The van der Waals surface area contributed by atoms with Crippen molar-refractivity contribution in [2.75, 3.05) is 13.1 Å². The summed E-state index contributed by atoms with van der Waals surface area (Å²) in [4.78, 5) is 12.8. The molecular formula is C20H30N2O4S. The van der Waals surface area contributed by atoms with E-state index in [0.29, 0.717) is 30.8 Å². The molecule has 0 spiro atoms. The lowest BCUT2D eigenvalue weighted by molar-refractivity contribution is -0.127. The summed E-state index contributed by atoms with van der Waals surface area (Å²) >= 11 is 0. The third kappa shape index (κ3) is 4.70. The first-order valence-electron chi connectivity index (χ1n) is 9.83. The van der Waals surface area contributed by atoms with Gasteiger partial charge in [0.15, 0.2) is 0 Å². The van der Waals surface area contributed by atoms with E-state index in [9.17, 15) is 18.3 Å². The van der Waals surface area contributed by atoms with Crippen LogP contribution in [0.3, 0.4) is 0 Å². The van der Waals surface area contributed by atoms with Crippen molar-refractivity contribution in [3.8, 4) is 0 Å². The van der Waals surface area contributed by atoms with Crippen LogP contribution in [0.4, 0.5) is 0 Å². The highest BCUT2D eigenvalue weighted by atomic mass is 32.2. The van der Waals surface area contributed by atoms with E-state index in [0.717, 1.165) is 36.8 Å². The van der Waals surface area contributed by atoms with Crippen LogP contribution < -0.4 is 5.32 Å². The smallest absolute Gasteiger partial charge is 0.243 e. The van der Waals surface area contributed by atoms with Crippen molar-refractivity contribution in [2.45, 2.75) is 69.4 Å². The topological polar surface area (TPSA) is 86.7 Å². The Hall–Kier alpha value is -1.44. The van der Waals surface area contributed by atoms with Crippen LogP contribution in [-0.2, 0) is 14.8 Å². The van der Waals surface area contributed by atoms with Gasteiger partial charge in [0.25, 0.3) is 0 Å². The van der Waals surface area contributed by atoms with Crippen molar-refractivity contribution >= 4 is 15.9 Å². The monoisotopic (exact) mass is 394 g/mol. The predicted molar refractivity (Wildman–Crippen MR) is 104 cm³/mol. The molecule has 1 aliphatic heterocycles. The number of nitrogens with one attached hydrogen (secondary N) is 1. The summed E-state index contributed by atoms with van der Waals surface area (Å²) in [6.07, 6.45) is 3.95. The van der Waals surface area contributed by atoms with Gasteiger partial charge in [-0.15, -0.1) is 0 Å². The van der Waals surface area contributed by atoms with E-state index >= 15 is 0 Å². The van der Waals surface area contributed by atoms with Gasteiger partial charge >= 0.3 is 0 Å². The molecule has 2 fully saturated rings. The molecule has 1 aliphatic carbocycles. The molecule has 1 amide bonds. The molecule has 0 bridgehead atoms. The summed E-state index contributed by atoms with van der Waals surface area (Å²) in [5.74, 6) is -0.109. The molecule has 1 aromatic rings. The van der Waals surface area contributed by atoms with Crippen LogP contribution in [0.1, 0.15) is 49.7 Å². The number of aryl methyl sites for hydroxylation is 2. The minimum absolute atomic E-state index is 0.0274. The Morgan fingerprint density at radius 1 is 1.04 bits per heavy atom. The highest BCUT2D eigenvalue weighted by Crippen LogP contribution is 2.26. The van der Waals surface area contributed by atoms with Gasteiger partial charge in [0.1, 0.15) is 0 Å². The van der Waals surface area contributed by atoms with Crippen molar-refractivity contribution in [2.24, 2.45) is 5.92 Å². The molecule has 27 heavy (non-hydrogen) atoms. The van der Waals surface area contributed by atoms with Crippen molar-refractivity contribution in [1.82, 2.24) is 9.62 Å². The van der Waals surface area contributed by atoms with Gasteiger partial charge in [-0.2, -0.15) is 4.31 Å². The Labute approximate surface area is 162 Å². The minimum Gasteiger partial charge on any atom is -0.393 e. The SMILES string of the molecule is Cc1ccc(S(=O)(=O)N2CCC(C(=O)NC3CCC(O)CC3)CC2)cc1C. The highest BCUT2D eigenvalue weighted by Gasteiger charge is 2.33. The van der Waals surface area contributed by atoms with Gasteiger partial charge < -0.3 is 10.4 Å². The number of nitrogens with zero attached hydrogens (tertiary/aromatic N) is 1. The molecule has 0 unspecified atom stereocenters. The van der Waals surface area contributed by atoms with Crippen molar-refractivity contribution in [3.05, 3.63) is 29.3 Å². The third-order valence-corrected chi connectivity index (χ3v) is 7.88. The van der Waals surface area contributed by atoms with Crippen LogP contribution in [0, 0.1) is 19.8 Å². The number of hydrogen-bond acceptors (Lipinski definition) is 4. The standard InChI is InChI=1S/C20H30N2O4S/c1-14-3-8-19(13-15(14)2)27(25,26)22-11-9-16(10-12-22)20(24)21-17-4-6-18(23)7-5-17/h3,8,13,16-18,23H,4-7,9-12H2,1-2H3,(H,21,24). The molecule has 7 heteroatoms. The molecule has 1 heterocycles. The van der Waals surface area contributed by atoms with Gasteiger partial charge in [0.05, 0.1) is 11.0 Å². The summed E-state index contributed by atoms with van der Waals surface area (Å²) in [6, 6.07) is 5.36. The molecule has 0 radical (unpaired) electrons. The molecule has 150 valence electrons. The fraction of sp³-hybridized carbons (Fsp3) is 0.650. The number of carbonyl (C=O) groups excluding carboxylic acids is 1. The quantitative estimate of drug-likeness (QED) is 0.819. The summed E-state index contributed by atoms with van der Waals surface area (Å²) < 4.78 is 27.3. The number of hydrogen-bond donors (Lipinski definition) is 2. The second-order valence-electron chi connectivity index (χ2n) is 7.94. The zero-order valence-corrected chi connectivity index (χ0v) is 17.0. The second-order valence-corrected chi connectivity index (χ2v) is 9.88. The maximum Gasteiger partial charge on any atom is 0.243 e. The molecular weight excluding hydrogens is 364 g/mol. The largest absolute Gasteiger partial charge is 0.393 e. The average molecular weight is 395 g/mol. The number of benzene rings is 1. The molecule has 0 aromatic heterocycles. The lowest BCUT2D eigenvalue weighted by Crippen LogP contribution is -2.46. The van der Waals surface area contributed by atoms with Crippen LogP contribution in [0.5, 0.6) is 0 Å². The summed E-state index contributed by atoms with van der Waals surface area (Å²) in [5.41, 5.74) is 2.03. The molecule has 2 N–H and O–H groups in total. The fourth-order valence-electron chi connectivity index (χ4n) is 3.92. The van der Waals surface area contributed by atoms with Crippen LogP contribution in [0.15, 0.2) is 23.1 Å². The summed E-state index contributed by atoms with van der Waals surface area (Å²) in [7, 11) is -3.51. The number of piperidine rings is 1. The number of rotatable bonds is 4. The molecule has 6 nitrogen and oxygen atoms in total. The van der Waals surface area contributed by atoms with Gasteiger partial charge in [-0.1, -0.05) is 6.07 Å². The van der Waals surface area contributed by atoms with Crippen molar-refractivity contribution in [3.63, 3.8) is 0 Å². The van der Waals surface area contributed by atoms with E-state index in [4.69, 9.17) is 0 Å². The third-order valence-electron chi connectivity index (χ3n) is 5.98. The Kier molecular flexibility index (Phi) is 6.23. The van der Waals surface area contributed by atoms with Crippen molar-refractivity contribution in [1.29, 1.82) is 0 Å². The van der Waals surface area contributed by atoms with E-state index in [1.54, 1.807) is 12.1 Å². The van der Waals surface area contributed by atoms with Gasteiger partial charge in [-0.05, 0) is 75.6 Å². The normalized spacial score (nSPS) is 25.3. The molecule has 3 rings (SSSR count). The highest BCUT2D eigenvalue weighted by molar-refractivity contribution is 7.89. The molecule has 2 aliphatic rings. The van der Waals surface area contributed by atoms with E-state index in [2.05, 4.69) is 5.32 Å². The number of aliphatic hydroxyl groups excluding tert-OH is 1. The lowest BCUT2D eigenvalue weighted by Gasteiger charge is -2.32. The zero-order valence-electron chi connectivity index (χ0n) is 16.1. The van der Waals surface area contributed by atoms with Crippen LogP contribution >= 0.6 is 0 Å². The number of amides is 1. The zero-order chi connectivity index (χ0) is 19.6.